The fraction of sp³-hybridized carbons (Fsp3) is 0.571. The third-order valence-electron chi connectivity index (χ3n) is 0. The Kier molecular flexibility index (Phi) is 54.2. The van der Waals surface area contributed by atoms with Crippen molar-refractivity contribution in [2.24, 2.45) is 0 Å². The monoisotopic (exact) mass is 363 g/mol. The van der Waals surface area contributed by atoms with E-state index in [0.717, 1.165) is 20.8 Å². The van der Waals surface area contributed by atoms with Crippen LogP contribution in [-0.2, 0) is 33.9 Å². The largest absolute Gasteiger partial charge is 3.00 e. The van der Waals surface area contributed by atoms with Crippen LogP contribution in [0, 0.1) is 0 Å². The molecule has 0 N–H and O–H groups in total. The molecule has 0 fully saturated rings. The fourth-order valence-electron chi connectivity index (χ4n) is 0. The van der Waals surface area contributed by atoms with Gasteiger partial charge >= 0.3 is 19.5 Å². The van der Waals surface area contributed by atoms with Gasteiger partial charge in [-0.15, -0.1) is 23.2 Å². The molecule has 6 nitrogen and oxygen atoms in total. The van der Waals surface area contributed by atoms with E-state index < -0.39 is 17.9 Å². The average molecular weight is 363 g/mol. The minimum atomic E-state index is -1.08. The molecule has 0 atom stereocenters. The Morgan fingerprint density at radius 1 is 0.812 bits per heavy atom. The zero-order valence-corrected chi connectivity index (χ0v) is 12.0. The van der Waals surface area contributed by atoms with E-state index in [1.54, 1.807) is 0 Å². The average Bonchev–Trinajstić information content (AvgIpc) is 1.81. The van der Waals surface area contributed by atoms with Crippen LogP contribution < -0.4 is 15.3 Å². The standard InChI is InChI=1S/3C2H4O2.CH2Cl2.Ru/c3*1-2(3)4;2-1-3;/h3*1H3,(H,3,4);1H2;/q;;;;+3/p-3. The van der Waals surface area contributed by atoms with Crippen LogP contribution in [0.25, 0.3) is 0 Å². The number of rotatable bonds is 0. The summed E-state index contributed by atoms with van der Waals surface area (Å²) in [7, 11) is 0. The Balaban J connectivity index is -0.0000000331. The predicted octanol–water partition coefficient (Wildman–Crippen LogP) is -2.31. The van der Waals surface area contributed by atoms with E-state index >= 15 is 0 Å². The second-order valence-corrected chi connectivity index (χ2v) is 2.38. The topological polar surface area (TPSA) is 120 Å². The third kappa shape index (κ3) is 14500. The maximum atomic E-state index is 8.89. The van der Waals surface area contributed by atoms with Crippen LogP contribution in [-0.4, -0.2) is 23.2 Å². The van der Waals surface area contributed by atoms with Gasteiger partial charge < -0.3 is 29.7 Å². The number of hydrogen-bond donors (Lipinski definition) is 0. The number of aliphatic carboxylic acids is 3. The Morgan fingerprint density at radius 3 is 0.812 bits per heavy atom. The summed E-state index contributed by atoms with van der Waals surface area (Å²) in [5, 5.41) is 26.9. The van der Waals surface area contributed by atoms with Gasteiger partial charge in [0, 0.05) is 17.9 Å². The van der Waals surface area contributed by atoms with E-state index in [2.05, 4.69) is 0 Å². The van der Waals surface area contributed by atoms with Crippen molar-refractivity contribution >= 4 is 41.1 Å². The summed E-state index contributed by atoms with van der Waals surface area (Å²) in [5.41, 5.74) is 0. The molecular weight excluding hydrogens is 352 g/mol. The fourth-order valence-corrected chi connectivity index (χ4v) is 0. The zero-order valence-electron chi connectivity index (χ0n) is 8.77. The first-order valence-corrected chi connectivity index (χ1v) is 4.33. The molecule has 0 aromatic rings. The van der Waals surface area contributed by atoms with Crippen molar-refractivity contribution < 1.29 is 49.2 Å². The summed E-state index contributed by atoms with van der Waals surface area (Å²) in [6.45, 7) is 2.92. The van der Waals surface area contributed by atoms with E-state index in [0.29, 0.717) is 0 Å². The predicted molar refractivity (Wildman–Crippen MR) is 48.6 cm³/mol. The quantitative estimate of drug-likeness (QED) is 0.352. The van der Waals surface area contributed by atoms with Crippen molar-refractivity contribution in [2.45, 2.75) is 20.8 Å². The van der Waals surface area contributed by atoms with Gasteiger partial charge in [-0.05, 0) is 20.8 Å². The van der Waals surface area contributed by atoms with Gasteiger partial charge in [0.25, 0.3) is 0 Å². The molecule has 1 radical (unpaired) electrons. The van der Waals surface area contributed by atoms with E-state index in [4.69, 9.17) is 52.9 Å². The zero-order chi connectivity index (χ0) is 13.4. The van der Waals surface area contributed by atoms with Gasteiger partial charge in [0.1, 0.15) is 0 Å². The normalized spacial score (nSPS) is 5.81. The Bertz CT molecular complexity index is 136. The summed E-state index contributed by atoms with van der Waals surface area (Å²) in [6, 6.07) is 0. The molecule has 0 aliphatic heterocycles. The summed E-state index contributed by atoms with van der Waals surface area (Å²) < 4.78 is 0. The van der Waals surface area contributed by atoms with E-state index in [1.807, 2.05) is 0 Å². The smallest absolute Gasteiger partial charge is 0.550 e. The van der Waals surface area contributed by atoms with E-state index in [-0.39, 0.29) is 24.8 Å². The molecule has 0 aromatic carbocycles. The molecule has 0 aliphatic carbocycles. The molecular formula is C7H11Cl2O6Ru. The van der Waals surface area contributed by atoms with Gasteiger partial charge in [0.15, 0.2) is 0 Å². The summed E-state index contributed by atoms with van der Waals surface area (Å²) in [6.07, 6.45) is 0. The molecule has 0 bridgehead atoms. The van der Waals surface area contributed by atoms with Gasteiger partial charge in [-0.25, -0.2) is 0 Å². The van der Waals surface area contributed by atoms with Gasteiger partial charge in [0.05, 0.1) is 5.34 Å². The maximum Gasteiger partial charge on any atom is 3.00 e. The molecule has 0 rings (SSSR count). The molecule has 97 valence electrons. The summed E-state index contributed by atoms with van der Waals surface area (Å²) in [4.78, 5) is 26.7. The van der Waals surface area contributed by atoms with Crippen molar-refractivity contribution in [1.29, 1.82) is 0 Å². The number of carbonyl (C=O) groups excluding carboxylic acids is 3. The molecule has 0 unspecified atom stereocenters. The first-order chi connectivity index (χ1) is 6.61. The van der Waals surface area contributed by atoms with Crippen molar-refractivity contribution in [1.82, 2.24) is 0 Å². The van der Waals surface area contributed by atoms with Crippen LogP contribution >= 0.6 is 23.2 Å². The number of hydrogen-bond acceptors (Lipinski definition) is 6. The minimum absolute atomic E-state index is 0. The first-order valence-electron chi connectivity index (χ1n) is 3.26. The number of alkyl halides is 2. The number of halogens is 2. The SMILES string of the molecule is CC(=O)[O-].CC(=O)[O-].CC(=O)[O-].ClCCl.[Ru+3]. The Labute approximate surface area is 116 Å². The van der Waals surface area contributed by atoms with Crippen LogP contribution in [0.15, 0.2) is 0 Å². The maximum absolute atomic E-state index is 8.89. The van der Waals surface area contributed by atoms with Gasteiger partial charge in [-0.3, -0.25) is 0 Å². The van der Waals surface area contributed by atoms with Crippen molar-refractivity contribution in [2.75, 3.05) is 5.34 Å². The molecule has 16 heavy (non-hydrogen) atoms. The Morgan fingerprint density at radius 2 is 0.812 bits per heavy atom. The van der Waals surface area contributed by atoms with Gasteiger partial charge in [-0.2, -0.15) is 0 Å². The number of carbonyl (C=O) groups is 3. The molecule has 0 aromatic heterocycles. The molecule has 0 spiro atoms. The molecule has 9 heteroatoms. The molecule has 0 saturated heterocycles. The summed E-state index contributed by atoms with van der Waals surface area (Å²) in [5.74, 6) is -3.25. The number of carboxylic acid groups (broad SMARTS) is 3. The van der Waals surface area contributed by atoms with E-state index in [1.165, 1.54) is 0 Å². The van der Waals surface area contributed by atoms with Gasteiger partial charge in [0.2, 0.25) is 0 Å². The van der Waals surface area contributed by atoms with Crippen molar-refractivity contribution in [3.63, 3.8) is 0 Å². The van der Waals surface area contributed by atoms with E-state index in [9.17, 15) is 0 Å². The van der Waals surface area contributed by atoms with Crippen LogP contribution in [0.5, 0.6) is 0 Å². The van der Waals surface area contributed by atoms with Crippen LogP contribution in [0.2, 0.25) is 0 Å². The minimum Gasteiger partial charge on any atom is -0.550 e. The first kappa shape index (κ1) is 29.6. The summed E-state index contributed by atoms with van der Waals surface area (Å²) >= 11 is 9.53. The second-order valence-electron chi connectivity index (χ2n) is 1.58. The molecule has 0 aliphatic rings. The third-order valence-corrected chi connectivity index (χ3v) is 0. The second kappa shape index (κ2) is 29.3. The van der Waals surface area contributed by atoms with Gasteiger partial charge in [-0.1, -0.05) is 0 Å². The van der Waals surface area contributed by atoms with Crippen molar-refractivity contribution in [3.05, 3.63) is 0 Å². The van der Waals surface area contributed by atoms with Crippen LogP contribution in [0.3, 0.4) is 0 Å². The van der Waals surface area contributed by atoms with Crippen LogP contribution in [0.4, 0.5) is 0 Å². The Hall–Kier alpha value is -0.387. The molecule has 0 heterocycles. The van der Waals surface area contributed by atoms with Crippen molar-refractivity contribution in [3.8, 4) is 0 Å². The number of carboxylic acids is 3. The van der Waals surface area contributed by atoms with Crippen LogP contribution in [0.1, 0.15) is 20.8 Å². The molecule has 0 amide bonds. The molecule has 0 saturated carbocycles.